The number of carbonyl (C=O) groups is 2. The SMILES string of the molecule is CC(C)(C)OC(=O)NC1CCN(C(=O)CCn2c(=S)[nH]c3ccccc3c2=O)CC1. The van der Waals surface area contributed by atoms with Gasteiger partial charge in [-0.3, -0.25) is 14.2 Å². The van der Waals surface area contributed by atoms with Crippen LogP contribution in [-0.4, -0.2) is 51.2 Å². The number of hydrogen-bond donors (Lipinski definition) is 2. The normalized spacial score (nSPS) is 15.2. The van der Waals surface area contributed by atoms with Gasteiger partial charge in [0.05, 0.1) is 10.9 Å². The van der Waals surface area contributed by atoms with Gasteiger partial charge in [-0.25, -0.2) is 4.79 Å². The van der Waals surface area contributed by atoms with Crippen LogP contribution in [0.2, 0.25) is 0 Å². The van der Waals surface area contributed by atoms with E-state index < -0.39 is 11.7 Å². The number of nitrogens with zero attached hydrogens (tertiary/aromatic N) is 2. The van der Waals surface area contributed by atoms with Gasteiger partial charge >= 0.3 is 6.09 Å². The van der Waals surface area contributed by atoms with Gasteiger partial charge in [0.25, 0.3) is 5.56 Å². The van der Waals surface area contributed by atoms with Gasteiger partial charge in [0.2, 0.25) is 5.91 Å². The Morgan fingerprint density at radius 2 is 1.90 bits per heavy atom. The minimum Gasteiger partial charge on any atom is -0.444 e. The molecule has 1 saturated heterocycles. The van der Waals surface area contributed by atoms with Gasteiger partial charge in [-0.15, -0.1) is 0 Å². The predicted octanol–water partition coefficient (Wildman–Crippen LogP) is 2.96. The number of aromatic nitrogens is 2. The van der Waals surface area contributed by atoms with Crippen LogP contribution in [0.5, 0.6) is 0 Å². The summed E-state index contributed by atoms with van der Waals surface area (Å²) in [5.41, 5.74) is -0.0418. The van der Waals surface area contributed by atoms with Crippen LogP contribution in [0.25, 0.3) is 10.9 Å². The quantitative estimate of drug-likeness (QED) is 0.724. The Hall–Kier alpha value is -2.68. The molecule has 8 nitrogen and oxygen atoms in total. The monoisotopic (exact) mass is 432 g/mol. The maximum Gasteiger partial charge on any atom is 0.407 e. The smallest absolute Gasteiger partial charge is 0.407 e. The molecule has 1 aromatic carbocycles. The summed E-state index contributed by atoms with van der Waals surface area (Å²) in [7, 11) is 0. The number of ether oxygens (including phenoxy) is 1. The molecule has 0 radical (unpaired) electrons. The number of piperidine rings is 1. The Labute approximate surface area is 180 Å². The molecule has 2 amide bonds. The molecule has 162 valence electrons. The summed E-state index contributed by atoms with van der Waals surface area (Å²) in [4.78, 5) is 42.0. The van der Waals surface area contributed by atoms with Gasteiger partial charge in [0, 0.05) is 32.1 Å². The number of fused-ring (bicyclic) bond motifs is 1. The van der Waals surface area contributed by atoms with Crippen molar-refractivity contribution in [2.45, 2.75) is 58.2 Å². The predicted molar refractivity (Wildman–Crippen MR) is 117 cm³/mol. The molecule has 2 aromatic rings. The van der Waals surface area contributed by atoms with Gasteiger partial charge in [0.15, 0.2) is 4.77 Å². The standard InChI is InChI=1S/C21H28N4O4S/c1-21(2,3)29-20(28)22-14-8-11-24(12-9-14)17(26)10-13-25-18(27)15-6-4-5-7-16(15)23-19(25)30/h4-7,14H,8-13H2,1-3H3,(H,22,28)(H,23,30). The van der Waals surface area contributed by atoms with E-state index in [0.717, 1.165) is 0 Å². The molecule has 1 aliphatic heterocycles. The first-order valence-electron chi connectivity index (χ1n) is 10.1. The van der Waals surface area contributed by atoms with Crippen molar-refractivity contribution in [3.05, 3.63) is 39.4 Å². The van der Waals surface area contributed by atoms with Crippen LogP contribution in [0.1, 0.15) is 40.0 Å². The number of alkyl carbamates (subject to hydrolysis) is 1. The van der Waals surface area contributed by atoms with Crippen LogP contribution in [-0.2, 0) is 16.1 Å². The molecule has 9 heteroatoms. The molecule has 2 heterocycles. The van der Waals surface area contributed by atoms with Gasteiger partial charge < -0.3 is 19.9 Å². The second kappa shape index (κ2) is 8.99. The third kappa shape index (κ3) is 5.47. The van der Waals surface area contributed by atoms with E-state index >= 15 is 0 Å². The molecule has 3 rings (SSSR count). The van der Waals surface area contributed by atoms with Crippen molar-refractivity contribution in [2.24, 2.45) is 0 Å². The summed E-state index contributed by atoms with van der Waals surface area (Å²) in [6.07, 6.45) is 1.10. The first kappa shape index (κ1) is 22.0. The molecule has 0 spiro atoms. The molecule has 30 heavy (non-hydrogen) atoms. The summed E-state index contributed by atoms with van der Waals surface area (Å²) in [5.74, 6) is -0.0276. The number of rotatable bonds is 4. The lowest BCUT2D eigenvalue weighted by Crippen LogP contribution is -2.47. The molecule has 1 aliphatic rings. The summed E-state index contributed by atoms with van der Waals surface area (Å²) in [5, 5.41) is 3.41. The molecule has 0 aliphatic carbocycles. The number of amides is 2. The van der Waals surface area contributed by atoms with Crippen LogP contribution in [0.4, 0.5) is 4.79 Å². The average molecular weight is 433 g/mol. The zero-order chi connectivity index (χ0) is 21.9. The molecule has 0 unspecified atom stereocenters. The fraction of sp³-hybridized carbons (Fsp3) is 0.524. The number of likely N-dealkylation sites (tertiary alicyclic amines) is 1. The summed E-state index contributed by atoms with van der Waals surface area (Å²) < 4.78 is 7.03. The first-order chi connectivity index (χ1) is 14.1. The van der Waals surface area contributed by atoms with E-state index in [9.17, 15) is 14.4 Å². The van der Waals surface area contributed by atoms with Crippen LogP contribution < -0.4 is 10.9 Å². The van der Waals surface area contributed by atoms with E-state index in [-0.39, 0.29) is 30.5 Å². The molecule has 0 bridgehead atoms. The van der Waals surface area contributed by atoms with Crippen molar-refractivity contribution >= 4 is 35.1 Å². The zero-order valence-electron chi connectivity index (χ0n) is 17.6. The topological polar surface area (TPSA) is 96.4 Å². The van der Waals surface area contributed by atoms with E-state index in [4.69, 9.17) is 17.0 Å². The fourth-order valence-electron chi connectivity index (χ4n) is 3.52. The van der Waals surface area contributed by atoms with Crippen LogP contribution in [0.3, 0.4) is 0 Å². The molecular formula is C21H28N4O4S. The lowest BCUT2D eigenvalue weighted by molar-refractivity contribution is -0.132. The Bertz CT molecular complexity index is 1050. The summed E-state index contributed by atoms with van der Waals surface area (Å²) in [6.45, 7) is 6.80. The number of nitrogens with one attached hydrogen (secondary N) is 2. The number of carbonyl (C=O) groups excluding carboxylic acids is 2. The summed E-state index contributed by atoms with van der Waals surface area (Å²) >= 11 is 5.30. The van der Waals surface area contributed by atoms with Crippen LogP contribution in [0.15, 0.2) is 29.1 Å². The zero-order valence-corrected chi connectivity index (χ0v) is 18.4. The van der Waals surface area contributed by atoms with Gasteiger partial charge in [-0.2, -0.15) is 0 Å². The largest absolute Gasteiger partial charge is 0.444 e. The van der Waals surface area contributed by atoms with Crippen molar-refractivity contribution in [3.8, 4) is 0 Å². The van der Waals surface area contributed by atoms with Crippen LogP contribution >= 0.6 is 12.2 Å². The van der Waals surface area contributed by atoms with E-state index in [2.05, 4.69) is 10.3 Å². The Kier molecular flexibility index (Phi) is 6.60. The number of hydrogen-bond acceptors (Lipinski definition) is 5. The van der Waals surface area contributed by atoms with E-state index in [1.807, 2.05) is 26.8 Å². The Morgan fingerprint density at radius 1 is 1.23 bits per heavy atom. The maximum absolute atomic E-state index is 12.7. The second-order valence-corrected chi connectivity index (χ2v) is 8.87. The highest BCUT2D eigenvalue weighted by Crippen LogP contribution is 2.14. The highest BCUT2D eigenvalue weighted by molar-refractivity contribution is 7.71. The van der Waals surface area contributed by atoms with Crippen LogP contribution in [0, 0.1) is 4.77 Å². The third-order valence-electron chi connectivity index (χ3n) is 5.01. The minimum absolute atomic E-state index is 0.0131. The third-order valence-corrected chi connectivity index (χ3v) is 5.33. The van der Waals surface area contributed by atoms with Crippen molar-refractivity contribution in [2.75, 3.05) is 13.1 Å². The maximum atomic E-state index is 12.7. The van der Waals surface area contributed by atoms with Crippen molar-refractivity contribution in [1.82, 2.24) is 19.8 Å². The number of benzene rings is 1. The lowest BCUT2D eigenvalue weighted by atomic mass is 10.0. The van der Waals surface area contributed by atoms with Gasteiger partial charge in [0.1, 0.15) is 5.60 Å². The molecule has 1 aromatic heterocycles. The molecule has 0 atom stereocenters. The second-order valence-electron chi connectivity index (χ2n) is 8.48. The van der Waals surface area contributed by atoms with Gasteiger partial charge in [-0.05, 0) is 58.0 Å². The lowest BCUT2D eigenvalue weighted by Gasteiger charge is -2.33. The summed E-state index contributed by atoms with van der Waals surface area (Å²) in [6, 6.07) is 7.16. The molecule has 1 fully saturated rings. The Morgan fingerprint density at radius 3 is 2.57 bits per heavy atom. The number of para-hydroxylation sites is 1. The minimum atomic E-state index is -0.539. The molecule has 2 N–H and O–H groups in total. The van der Waals surface area contributed by atoms with E-state index in [1.165, 1.54) is 4.57 Å². The highest BCUT2D eigenvalue weighted by Gasteiger charge is 2.25. The van der Waals surface area contributed by atoms with Crippen molar-refractivity contribution < 1.29 is 14.3 Å². The van der Waals surface area contributed by atoms with E-state index in [1.54, 1.807) is 23.1 Å². The fourth-order valence-corrected chi connectivity index (χ4v) is 3.80. The van der Waals surface area contributed by atoms with E-state index in [0.29, 0.717) is 41.6 Å². The first-order valence-corrected chi connectivity index (χ1v) is 10.5. The Balaban J connectivity index is 1.54. The molecular weight excluding hydrogens is 404 g/mol. The average Bonchev–Trinajstić information content (AvgIpc) is 2.66. The molecule has 0 saturated carbocycles. The highest BCUT2D eigenvalue weighted by atomic mass is 32.1. The van der Waals surface area contributed by atoms with Crippen molar-refractivity contribution in [3.63, 3.8) is 0 Å². The number of aromatic amines is 1. The van der Waals surface area contributed by atoms with Crippen molar-refractivity contribution in [1.29, 1.82) is 0 Å². The van der Waals surface area contributed by atoms with Gasteiger partial charge in [-0.1, -0.05) is 12.1 Å². The number of H-pyrrole nitrogens is 1.